The Kier molecular flexibility index (Phi) is 7.04. The van der Waals surface area contributed by atoms with Gasteiger partial charge in [-0.1, -0.05) is 12.1 Å². The van der Waals surface area contributed by atoms with E-state index in [1.54, 1.807) is 24.3 Å². The minimum Gasteiger partial charge on any atom is -0.444 e. The molecule has 0 saturated carbocycles. The lowest BCUT2D eigenvalue weighted by atomic mass is 10.1. The smallest absolute Gasteiger partial charge is 0.291 e. The summed E-state index contributed by atoms with van der Waals surface area (Å²) in [5, 5.41) is 5.99. The minimum absolute atomic E-state index is 0. The number of halogens is 2. The summed E-state index contributed by atoms with van der Waals surface area (Å²) in [7, 11) is 0. The highest BCUT2D eigenvalue weighted by atomic mass is 79.9. The van der Waals surface area contributed by atoms with Crippen LogP contribution >= 0.6 is 28.3 Å². The van der Waals surface area contributed by atoms with Crippen molar-refractivity contribution in [3.05, 3.63) is 52.4 Å². The molecule has 2 aromatic rings. The number of benzene rings is 1. The Labute approximate surface area is 160 Å². The van der Waals surface area contributed by atoms with Crippen molar-refractivity contribution in [3.63, 3.8) is 0 Å². The standard InChI is InChI=1S/C17H18BrN3O3.ClH/c18-15-6-5-14(24-15)17(23)20-13-3-1-12(2-4-13)11-16(22)21-9-7-19-8-10-21;/h1-6,19H,7-11H2,(H,20,23);1H. The highest BCUT2D eigenvalue weighted by Gasteiger charge is 2.16. The van der Waals surface area contributed by atoms with Gasteiger partial charge in [0.25, 0.3) is 5.91 Å². The summed E-state index contributed by atoms with van der Waals surface area (Å²) in [5.74, 6) is 0.0545. The van der Waals surface area contributed by atoms with Gasteiger partial charge in [0, 0.05) is 31.9 Å². The second kappa shape index (κ2) is 9.03. The molecule has 8 heteroatoms. The summed E-state index contributed by atoms with van der Waals surface area (Å²) < 4.78 is 5.72. The molecule has 0 spiro atoms. The van der Waals surface area contributed by atoms with Crippen molar-refractivity contribution in [1.29, 1.82) is 0 Å². The Morgan fingerprint density at radius 2 is 1.80 bits per heavy atom. The Balaban J connectivity index is 0.00000225. The Hall–Kier alpha value is -1.83. The van der Waals surface area contributed by atoms with Crippen LogP contribution in [0.2, 0.25) is 0 Å². The number of carbonyl (C=O) groups is 2. The zero-order valence-electron chi connectivity index (χ0n) is 13.5. The highest BCUT2D eigenvalue weighted by molar-refractivity contribution is 9.10. The zero-order valence-corrected chi connectivity index (χ0v) is 15.9. The molecule has 2 amide bonds. The summed E-state index contributed by atoms with van der Waals surface area (Å²) in [6.07, 6.45) is 0.374. The van der Waals surface area contributed by atoms with Gasteiger partial charge in [0.05, 0.1) is 6.42 Å². The van der Waals surface area contributed by atoms with E-state index in [1.165, 1.54) is 0 Å². The summed E-state index contributed by atoms with van der Waals surface area (Å²) in [6.45, 7) is 3.20. The highest BCUT2D eigenvalue weighted by Crippen LogP contribution is 2.17. The molecule has 1 aliphatic rings. The first-order valence-corrected chi connectivity index (χ1v) is 8.55. The van der Waals surface area contributed by atoms with Crippen molar-refractivity contribution >= 4 is 45.8 Å². The van der Waals surface area contributed by atoms with Crippen LogP contribution in [0, 0.1) is 0 Å². The van der Waals surface area contributed by atoms with Crippen LogP contribution in [-0.2, 0) is 11.2 Å². The van der Waals surface area contributed by atoms with Gasteiger partial charge in [-0.2, -0.15) is 0 Å². The van der Waals surface area contributed by atoms with Crippen LogP contribution in [0.3, 0.4) is 0 Å². The van der Waals surface area contributed by atoms with E-state index in [-0.39, 0.29) is 30.0 Å². The lowest BCUT2D eigenvalue weighted by Gasteiger charge is -2.27. The summed E-state index contributed by atoms with van der Waals surface area (Å²) >= 11 is 3.16. The van der Waals surface area contributed by atoms with Crippen LogP contribution in [0.4, 0.5) is 5.69 Å². The topological polar surface area (TPSA) is 74.6 Å². The molecule has 1 aromatic carbocycles. The third-order valence-electron chi connectivity index (χ3n) is 3.83. The van der Waals surface area contributed by atoms with Crippen molar-refractivity contribution in [2.24, 2.45) is 0 Å². The third kappa shape index (κ3) is 5.32. The van der Waals surface area contributed by atoms with E-state index >= 15 is 0 Å². The predicted octanol–water partition coefficient (Wildman–Crippen LogP) is 2.69. The number of nitrogens with zero attached hydrogens (tertiary/aromatic N) is 1. The summed E-state index contributed by atoms with van der Waals surface area (Å²) in [4.78, 5) is 26.1. The van der Waals surface area contributed by atoms with Gasteiger partial charge in [0.2, 0.25) is 5.91 Å². The fraction of sp³-hybridized carbons (Fsp3) is 0.294. The first kappa shape index (κ1) is 19.5. The quantitative estimate of drug-likeness (QED) is 0.785. The summed E-state index contributed by atoms with van der Waals surface area (Å²) in [5.41, 5.74) is 1.59. The van der Waals surface area contributed by atoms with E-state index in [4.69, 9.17) is 4.42 Å². The SMILES string of the molecule is Cl.O=C(Nc1ccc(CC(=O)N2CCNCC2)cc1)c1ccc(Br)o1. The second-order valence-corrected chi connectivity index (χ2v) is 6.34. The maximum atomic E-state index is 12.2. The molecule has 1 aromatic heterocycles. The van der Waals surface area contributed by atoms with Crippen LogP contribution in [0.1, 0.15) is 16.1 Å². The van der Waals surface area contributed by atoms with E-state index < -0.39 is 0 Å². The average Bonchev–Trinajstić information content (AvgIpc) is 3.04. The fourth-order valence-corrected chi connectivity index (χ4v) is 2.84. The van der Waals surface area contributed by atoms with E-state index in [9.17, 15) is 9.59 Å². The van der Waals surface area contributed by atoms with Crippen LogP contribution in [0.5, 0.6) is 0 Å². The Morgan fingerprint density at radius 3 is 2.40 bits per heavy atom. The lowest BCUT2D eigenvalue weighted by molar-refractivity contribution is -0.131. The number of carbonyl (C=O) groups excluding carboxylic acids is 2. The zero-order chi connectivity index (χ0) is 16.9. The molecule has 1 fully saturated rings. The van der Waals surface area contributed by atoms with Crippen LogP contribution < -0.4 is 10.6 Å². The maximum Gasteiger partial charge on any atom is 0.291 e. The van der Waals surface area contributed by atoms with Gasteiger partial charge in [-0.25, -0.2) is 0 Å². The number of furan rings is 1. The number of hydrogen-bond donors (Lipinski definition) is 2. The number of anilines is 1. The monoisotopic (exact) mass is 427 g/mol. The van der Waals surface area contributed by atoms with E-state index in [2.05, 4.69) is 26.6 Å². The molecule has 6 nitrogen and oxygen atoms in total. The van der Waals surface area contributed by atoms with Crippen molar-refractivity contribution in [2.45, 2.75) is 6.42 Å². The van der Waals surface area contributed by atoms with E-state index in [1.807, 2.05) is 17.0 Å². The molecule has 0 aliphatic carbocycles. The van der Waals surface area contributed by atoms with Crippen molar-refractivity contribution in [3.8, 4) is 0 Å². The van der Waals surface area contributed by atoms with E-state index in [0.29, 0.717) is 16.8 Å². The molecular formula is C17H19BrClN3O3. The van der Waals surface area contributed by atoms with Gasteiger partial charge in [-0.3, -0.25) is 9.59 Å². The molecule has 0 radical (unpaired) electrons. The molecular weight excluding hydrogens is 410 g/mol. The largest absolute Gasteiger partial charge is 0.444 e. The normalized spacial score (nSPS) is 13.9. The maximum absolute atomic E-state index is 12.2. The van der Waals surface area contributed by atoms with Gasteiger partial charge < -0.3 is 20.0 Å². The number of piperazine rings is 1. The van der Waals surface area contributed by atoms with Gasteiger partial charge in [0.15, 0.2) is 10.4 Å². The Morgan fingerprint density at radius 1 is 1.12 bits per heavy atom. The molecule has 0 unspecified atom stereocenters. The molecule has 134 valence electrons. The van der Waals surface area contributed by atoms with Gasteiger partial charge in [-0.05, 0) is 45.8 Å². The Bertz CT molecular complexity index is 727. The molecule has 1 saturated heterocycles. The molecule has 0 atom stereocenters. The van der Waals surface area contributed by atoms with Crippen molar-refractivity contribution < 1.29 is 14.0 Å². The number of hydrogen-bond acceptors (Lipinski definition) is 4. The second-order valence-electron chi connectivity index (χ2n) is 5.56. The first-order chi connectivity index (χ1) is 11.6. The first-order valence-electron chi connectivity index (χ1n) is 7.76. The summed E-state index contributed by atoms with van der Waals surface area (Å²) in [6, 6.07) is 10.5. The van der Waals surface area contributed by atoms with E-state index in [0.717, 1.165) is 31.7 Å². The molecule has 2 N–H and O–H groups in total. The molecule has 3 rings (SSSR count). The molecule has 0 bridgehead atoms. The average molecular weight is 429 g/mol. The molecule has 2 heterocycles. The number of nitrogens with one attached hydrogen (secondary N) is 2. The fourth-order valence-electron chi connectivity index (χ4n) is 2.54. The van der Waals surface area contributed by atoms with Crippen molar-refractivity contribution in [1.82, 2.24) is 10.2 Å². The van der Waals surface area contributed by atoms with Gasteiger partial charge in [0.1, 0.15) is 0 Å². The van der Waals surface area contributed by atoms with Crippen molar-refractivity contribution in [2.75, 3.05) is 31.5 Å². The van der Waals surface area contributed by atoms with Gasteiger partial charge in [-0.15, -0.1) is 12.4 Å². The minimum atomic E-state index is -0.314. The molecule has 25 heavy (non-hydrogen) atoms. The predicted molar refractivity (Wildman–Crippen MR) is 101 cm³/mol. The third-order valence-corrected chi connectivity index (χ3v) is 4.26. The lowest BCUT2D eigenvalue weighted by Crippen LogP contribution is -2.46. The van der Waals surface area contributed by atoms with Gasteiger partial charge >= 0.3 is 0 Å². The number of amides is 2. The number of rotatable bonds is 4. The van der Waals surface area contributed by atoms with Crippen LogP contribution in [0.15, 0.2) is 45.5 Å². The van der Waals surface area contributed by atoms with Crippen LogP contribution in [0.25, 0.3) is 0 Å². The molecule has 1 aliphatic heterocycles. The van der Waals surface area contributed by atoms with Crippen LogP contribution in [-0.4, -0.2) is 42.9 Å².